The van der Waals surface area contributed by atoms with Crippen molar-refractivity contribution < 1.29 is 14.7 Å². The number of amides is 1. The molecule has 0 saturated heterocycles. The van der Waals surface area contributed by atoms with Gasteiger partial charge in [-0.3, -0.25) is 4.79 Å². The summed E-state index contributed by atoms with van der Waals surface area (Å²) in [7, 11) is 1.55. The van der Waals surface area contributed by atoms with Gasteiger partial charge in [0.1, 0.15) is 11.2 Å². The highest BCUT2D eigenvalue weighted by atomic mass is 16.5. The highest BCUT2D eigenvalue weighted by Gasteiger charge is 2.36. The number of methoxy groups -OCH3 is 1. The van der Waals surface area contributed by atoms with Gasteiger partial charge in [-0.05, 0) is 25.5 Å². The van der Waals surface area contributed by atoms with Gasteiger partial charge in [-0.25, -0.2) is 0 Å². The number of carbonyl (C=O) groups is 1. The molecule has 1 aromatic carbocycles. The molecule has 0 saturated carbocycles. The van der Waals surface area contributed by atoms with E-state index >= 15 is 0 Å². The molecule has 0 heterocycles. The maximum atomic E-state index is 12.2. The van der Waals surface area contributed by atoms with E-state index in [1.807, 2.05) is 0 Å². The van der Waals surface area contributed by atoms with Crippen LogP contribution < -0.4 is 15.8 Å². The highest BCUT2D eigenvalue weighted by Crippen LogP contribution is 2.25. The summed E-state index contributed by atoms with van der Waals surface area (Å²) in [4.78, 5) is 12.2. The second-order valence-corrected chi connectivity index (χ2v) is 4.36. The van der Waals surface area contributed by atoms with Crippen LogP contribution in [0.1, 0.15) is 20.3 Å². The van der Waals surface area contributed by atoms with Gasteiger partial charge in [-0.15, -0.1) is 0 Å². The molecule has 0 aliphatic carbocycles. The summed E-state index contributed by atoms with van der Waals surface area (Å²) in [6, 6.07) is 6.97. The predicted molar refractivity (Wildman–Crippen MR) is 73.4 cm³/mol. The molecule has 0 bridgehead atoms. The van der Waals surface area contributed by atoms with Crippen LogP contribution in [0, 0.1) is 5.41 Å². The average Bonchev–Trinajstić information content (AvgIpc) is 2.45. The van der Waals surface area contributed by atoms with E-state index in [9.17, 15) is 4.79 Å². The molecular weight excluding hydrogens is 246 g/mol. The van der Waals surface area contributed by atoms with Crippen molar-refractivity contribution in [3.8, 4) is 5.75 Å². The van der Waals surface area contributed by atoms with Crippen LogP contribution in [0.15, 0.2) is 29.4 Å². The number of carbonyl (C=O) groups excluding carboxylic acids is 1. The summed E-state index contributed by atoms with van der Waals surface area (Å²) in [6.45, 7) is 3.42. The Morgan fingerprint density at radius 3 is 2.79 bits per heavy atom. The Balaban J connectivity index is 2.94. The Bertz CT molecular complexity index is 488. The average molecular weight is 265 g/mol. The number of nitrogens with one attached hydrogen (secondary N) is 1. The van der Waals surface area contributed by atoms with E-state index in [4.69, 9.17) is 15.7 Å². The fourth-order valence-electron chi connectivity index (χ4n) is 1.54. The fourth-order valence-corrected chi connectivity index (χ4v) is 1.54. The Morgan fingerprint density at radius 1 is 1.58 bits per heavy atom. The Morgan fingerprint density at radius 2 is 2.26 bits per heavy atom. The number of rotatable bonds is 5. The quantitative estimate of drug-likeness (QED) is 0.327. The molecule has 0 radical (unpaired) electrons. The monoisotopic (exact) mass is 265 g/mol. The first kappa shape index (κ1) is 14.8. The van der Waals surface area contributed by atoms with Gasteiger partial charge in [-0.1, -0.05) is 18.1 Å². The topological polar surface area (TPSA) is 96.9 Å². The van der Waals surface area contributed by atoms with Crippen LogP contribution in [0.25, 0.3) is 0 Å². The van der Waals surface area contributed by atoms with Crippen LogP contribution in [0.4, 0.5) is 5.69 Å². The molecular formula is C13H19N3O3. The van der Waals surface area contributed by atoms with Crippen LogP contribution in [0.3, 0.4) is 0 Å². The van der Waals surface area contributed by atoms with Crippen LogP contribution in [0.5, 0.6) is 5.75 Å². The van der Waals surface area contributed by atoms with E-state index in [1.165, 1.54) is 0 Å². The molecule has 0 aliphatic heterocycles. The third-order valence-electron chi connectivity index (χ3n) is 3.21. The molecule has 0 aromatic heterocycles. The molecule has 0 fully saturated rings. The van der Waals surface area contributed by atoms with Gasteiger partial charge < -0.3 is 21.0 Å². The molecule has 4 N–H and O–H groups in total. The van der Waals surface area contributed by atoms with Crippen molar-refractivity contribution in [3.05, 3.63) is 24.3 Å². The van der Waals surface area contributed by atoms with Crippen molar-refractivity contribution >= 4 is 17.4 Å². The summed E-state index contributed by atoms with van der Waals surface area (Å²) in [5.74, 6) is 0.189. The molecule has 19 heavy (non-hydrogen) atoms. The largest absolute Gasteiger partial charge is 0.497 e. The summed E-state index contributed by atoms with van der Waals surface area (Å²) >= 11 is 0. The molecule has 0 spiro atoms. The van der Waals surface area contributed by atoms with E-state index in [1.54, 1.807) is 45.2 Å². The lowest BCUT2D eigenvalue weighted by atomic mass is 9.85. The van der Waals surface area contributed by atoms with Crippen LogP contribution in [-0.4, -0.2) is 24.1 Å². The molecule has 1 atom stereocenters. The first-order valence-corrected chi connectivity index (χ1v) is 5.91. The van der Waals surface area contributed by atoms with Crippen molar-refractivity contribution in [1.82, 2.24) is 0 Å². The lowest BCUT2D eigenvalue weighted by molar-refractivity contribution is -0.121. The van der Waals surface area contributed by atoms with Gasteiger partial charge in [0, 0.05) is 11.8 Å². The number of hydrogen-bond donors (Lipinski definition) is 3. The zero-order valence-corrected chi connectivity index (χ0v) is 11.3. The summed E-state index contributed by atoms with van der Waals surface area (Å²) < 4.78 is 5.08. The molecule has 1 aromatic rings. The highest BCUT2D eigenvalue weighted by molar-refractivity contribution is 6.11. The van der Waals surface area contributed by atoms with Crippen molar-refractivity contribution in [2.45, 2.75) is 20.3 Å². The van der Waals surface area contributed by atoms with Crippen molar-refractivity contribution in [2.24, 2.45) is 16.3 Å². The summed E-state index contributed by atoms with van der Waals surface area (Å²) in [5, 5.41) is 14.4. The molecule has 6 heteroatoms. The normalized spacial score (nSPS) is 14.6. The SMILES string of the molecule is CCC(C)(C(=O)Nc1cccc(OC)c1)/C(N)=N/O. The zero-order valence-electron chi connectivity index (χ0n) is 11.3. The maximum Gasteiger partial charge on any atom is 0.238 e. The van der Waals surface area contributed by atoms with E-state index in [0.29, 0.717) is 17.9 Å². The number of amidine groups is 1. The smallest absolute Gasteiger partial charge is 0.238 e. The fraction of sp³-hybridized carbons (Fsp3) is 0.385. The summed E-state index contributed by atoms with van der Waals surface area (Å²) in [5.41, 5.74) is 5.12. The minimum Gasteiger partial charge on any atom is -0.497 e. The molecule has 1 amide bonds. The minimum absolute atomic E-state index is 0.115. The van der Waals surface area contributed by atoms with Crippen LogP contribution in [-0.2, 0) is 4.79 Å². The lowest BCUT2D eigenvalue weighted by Crippen LogP contribution is -2.44. The third-order valence-corrected chi connectivity index (χ3v) is 3.21. The van der Waals surface area contributed by atoms with E-state index in [2.05, 4.69) is 10.5 Å². The molecule has 1 unspecified atom stereocenters. The zero-order chi connectivity index (χ0) is 14.5. The predicted octanol–water partition coefficient (Wildman–Crippen LogP) is 1.80. The molecule has 0 aliphatic rings. The lowest BCUT2D eigenvalue weighted by Gasteiger charge is -2.25. The van der Waals surface area contributed by atoms with E-state index < -0.39 is 5.41 Å². The van der Waals surface area contributed by atoms with Crippen LogP contribution in [0.2, 0.25) is 0 Å². The number of oxime groups is 1. The maximum absolute atomic E-state index is 12.2. The first-order valence-electron chi connectivity index (χ1n) is 5.91. The number of hydrogen-bond acceptors (Lipinski definition) is 4. The van der Waals surface area contributed by atoms with Gasteiger partial charge in [0.2, 0.25) is 5.91 Å². The van der Waals surface area contributed by atoms with Gasteiger partial charge in [0.15, 0.2) is 5.84 Å². The number of nitrogens with two attached hydrogens (primary N) is 1. The van der Waals surface area contributed by atoms with Gasteiger partial charge in [0.05, 0.1) is 7.11 Å². The van der Waals surface area contributed by atoms with E-state index in [0.717, 1.165) is 0 Å². The second-order valence-electron chi connectivity index (χ2n) is 4.36. The first-order chi connectivity index (χ1) is 8.97. The van der Waals surface area contributed by atoms with E-state index in [-0.39, 0.29) is 11.7 Å². The number of nitrogens with zero attached hydrogens (tertiary/aromatic N) is 1. The number of benzene rings is 1. The number of ether oxygens (including phenoxy) is 1. The van der Waals surface area contributed by atoms with Gasteiger partial charge in [0.25, 0.3) is 0 Å². The minimum atomic E-state index is -1.06. The third kappa shape index (κ3) is 3.15. The van der Waals surface area contributed by atoms with Crippen LogP contribution >= 0.6 is 0 Å². The molecule has 104 valence electrons. The second kappa shape index (κ2) is 6.08. The van der Waals surface area contributed by atoms with Crippen molar-refractivity contribution in [3.63, 3.8) is 0 Å². The Labute approximate surface area is 112 Å². The standard InChI is InChI=1S/C13H19N3O3/c1-4-13(2,11(14)16-18)12(17)15-9-6-5-7-10(8-9)19-3/h5-8,18H,4H2,1-3H3,(H2,14,16)(H,15,17). The van der Waals surface area contributed by atoms with Crippen molar-refractivity contribution in [1.29, 1.82) is 0 Å². The van der Waals surface area contributed by atoms with Crippen molar-refractivity contribution in [2.75, 3.05) is 12.4 Å². The Hall–Kier alpha value is -2.24. The number of anilines is 1. The van der Waals surface area contributed by atoms with Gasteiger partial charge >= 0.3 is 0 Å². The Kier molecular flexibility index (Phi) is 4.74. The van der Waals surface area contributed by atoms with Gasteiger partial charge in [-0.2, -0.15) is 0 Å². The summed E-state index contributed by atoms with van der Waals surface area (Å²) in [6.07, 6.45) is 0.415. The molecule has 1 rings (SSSR count). The molecule has 6 nitrogen and oxygen atoms in total.